The van der Waals surface area contributed by atoms with Crippen LogP contribution in [0.15, 0.2) is 24.7 Å². The van der Waals surface area contributed by atoms with Crippen molar-refractivity contribution in [3.05, 3.63) is 35.9 Å². The van der Waals surface area contributed by atoms with Gasteiger partial charge < -0.3 is 5.43 Å². The Morgan fingerprint density at radius 1 is 1.40 bits per heavy atom. The maximum atomic E-state index is 11.6. The van der Waals surface area contributed by atoms with Crippen LogP contribution in [0, 0.1) is 0 Å². The minimum absolute atomic E-state index is 0.222. The number of hydrazine groups is 1. The second-order valence-electron chi connectivity index (χ2n) is 3.09. The molecule has 2 aromatic heterocycles. The van der Waals surface area contributed by atoms with Gasteiger partial charge in [0.25, 0.3) is 5.91 Å². The Hall–Kier alpha value is -2.37. The molecule has 0 atom stereocenters. The normalized spacial score (nSPS) is 14.3. The van der Waals surface area contributed by atoms with Gasteiger partial charge in [-0.1, -0.05) is 0 Å². The van der Waals surface area contributed by atoms with Crippen LogP contribution in [0.1, 0.15) is 16.1 Å². The van der Waals surface area contributed by atoms with Crippen molar-refractivity contribution in [3.8, 4) is 0 Å². The Morgan fingerprint density at radius 2 is 2.33 bits per heavy atom. The molecule has 1 aliphatic heterocycles. The molecule has 0 saturated heterocycles. The molecule has 3 heterocycles. The molecule has 3 rings (SSSR count). The third-order valence-corrected chi connectivity index (χ3v) is 2.21. The zero-order valence-corrected chi connectivity index (χ0v) is 7.64. The van der Waals surface area contributed by atoms with Gasteiger partial charge in [-0.2, -0.15) is 5.10 Å². The Morgan fingerprint density at radius 3 is 3.27 bits per heavy atom. The summed E-state index contributed by atoms with van der Waals surface area (Å²) in [7, 11) is 0. The van der Waals surface area contributed by atoms with Gasteiger partial charge in [0.1, 0.15) is 0 Å². The number of hydrogen-bond acceptors (Lipinski definition) is 4. The van der Waals surface area contributed by atoms with E-state index in [-0.39, 0.29) is 5.91 Å². The van der Waals surface area contributed by atoms with Gasteiger partial charge >= 0.3 is 0 Å². The molecule has 6 nitrogen and oxygen atoms in total. The number of hydrogen-bond donors (Lipinski definition) is 2. The predicted octanol–water partition coefficient (Wildman–Crippen LogP) is -0.0520. The van der Waals surface area contributed by atoms with Crippen molar-refractivity contribution in [2.24, 2.45) is 0 Å². The van der Waals surface area contributed by atoms with Crippen molar-refractivity contribution >= 4 is 17.6 Å². The van der Waals surface area contributed by atoms with Crippen LogP contribution in [0.5, 0.6) is 0 Å². The molecule has 2 aromatic rings. The molecule has 0 aromatic carbocycles. The lowest BCUT2D eigenvalue weighted by atomic mass is 10.2. The van der Waals surface area contributed by atoms with Crippen LogP contribution in [-0.2, 0) is 0 Å². The van der Waals surface area contributed by atoms with Gasteiger partial charge in [-0.25, -0.2) is 9.50 Å². The third-order valence-electron chi connectivity index (χ3n) is 2.21. The molecule has 15 heavy (non-hydrogen) atoms. The summed E-state index contributed by atoms with van der Waals surface area (Å²) < 4.78 is 1.62. The summed E-state index contributed by atoms with van der Waals surface area (Å²) in [5.41, 5.74) is 7.08. The Bertz CT molecular complexity index is 571. The van der Waals surface area contributed by atoms with Crippen molar-refractivity contribution < 1.29 is 4.79 Å². The zero-order valence-electron chi connectivity index (χ0n) is 7.64. The monoisotopic (exact) mass is 201 g/mol. The summed E-state index contributed by atoms with van der Waals surface area (Å²) in [6.07, 6.45) is 6.60. The van der Waals surface area contributed by atoms with E-state index < -0.39 is 0 Å². The third kappa shape index (κ3) is 1.08. The largest absolute Gasteiger partial charge is 0.306 e. The van der Waals surface area contributed by atoms with Gasteiger partial charge in [0.05, 0.1) is 17.5 Å². The first-order valence-electron chi connectivity index (χ1n) is 4.41. The quantitative estimate of drug-likeness (QED) is 0.626. The fraction of sp³-hybridized carbons (Fsp3) is 0. The molecule has 0 saturated carbocycles. The lowest BCUT2D eigenvalue weighted by Crippen LogP contribution is -2.32. The number of carbonyl (C=O) groups excluding carboxylic acids is 1. The molecule has 0 radical (unpaired) electrons. The van der Waals surface area contributed by atoms with E-state index in [1.54, 1.807) is 35.3 Å². The molecule has 0 spiro atoms. The fourth-order valence-electron chi connectivity index (χ4n) is 1.52. The topological polar surface area (TPSA) is 71.3 Å². The predicted molar refractivity (Wildman–Crippen MR) is 52.6 cm³/mol. The van der Waals surface area contributed by atoms with Crippen molar-refractivity contribution in [1.82, 2.24) is 25.4 Å². The van der Waals surface area contributed by atoms with Crippen molar-refractivity contribution in [1.29, 1.82) is 0 Å². The van der Waals surface area contributed by atoms with Gasteiger partial charge in [-0.05, 0) is 6.08 Å². The zero-order chi connectivity index (χ0) is 10.3. The highest BCUT2D eigenvalue weighted by Gasteiger charge is 2.15. The lowest BCUT2D eigenvalue weighted by molar-refractivity contribution is 0.0941. The molecule has 6 heteroatoms. The molecule has 74 valence electrons. The van der Waals surface area contributed by atoms with E-state index in [0.717, 1.165) is 0 Å². The minimum Gasteiger partial charge on any atom is -0.306 e. The van der Waals surface area contributed by atoms with Crippen molar-refractivity contribution in [2.45, 2.75) is 0 Å². The Kier molecular flexibility index (Phi) is 1.49. The maximum absolute atomic E-state index is 11.6. The van der Waals surface area contributed by atoms with Gasteiger partial charge in [0.15, 0.2) is 5.65 Å². The summed E-state index contributed by atoms with van der Waals surface area (Å²) in [6.45, 7) is 0. The summed E-state index contributed by atoms with van der Waals surface area (Å²) >= 11 is 0. The smallest absolute Gasteiger partial charge is 0.273 e. The molecule has 0 aliphatic carbocycles. The van der Waals surface area contributed by atoms with Crippen molar-refractivity contribution in [2.75, 3.05) is 0 Å². The molecule has 0 bridgehead atoms. The average Bonchev–Trinajstić information content (AvgIpc) is 2.64. The Labute approximate surface area is 84.6 Å². The molecule has 0 fully saturated rings. The van der Waals surface area contributed by atoms with Crippen molar-refractivity contribution in [3.63, 3.8) is 0 Å². The molecule has 1 amide bonds. The van der Waals surface area contributed by atoms with E-state index in [4.69, 9.17) is 0 Å². The summed E-state index contributed by atoms with van der Waals surface area (Å²) in [4.78, 5) is 15.7. The van der Waals surface area contributed by atoms with E-state index in [0.29, 0.717) is 16.9 Å². The number of carbonyl (C=O) groups is 1. The van der Waals surface area contributed by atoms with Gasteiger partial charge in [-0.3, -0.25) is 10.2 Å². The number of fused-ring (bicyclic) bond motifs is 3. The average molecular weight is 201 g/mol. The van der Waals surface area contributed by atoms with Crippen LogP contribution in [-0.4, -0.2) is 20.5 Å². The van der Waals surface area contributed by atoms with E-state index in [2.05, 4.69) is 20.9 Å². The highest BCUT2D eigenvalue weighted by Crippen LogP contribution is 2.12. The maximum Gasteiger partial charge on any atom is 0.273 e. The molecule has 2 N–H and O–H groups in total. The highest BCUT2D eigenvalue weighted by atomic mass is 16.2. The number of rotatable bonds is 0. The first-order valence-corrected chi connectivity index (χ1v) is 4.41. The Balaban J connectivity index is 2.39. The standard InChI is InChI=1S/C9H7N5O/c15-9-6-5-10-8-2-4-12-14(8)7(6)1-3-11-13-9/h1-5,11H,(H,13,15). The van der Waals surface area contributed by atoms with Crippen LogP contribution >= 0.6 is 0 Å². The van der Waals surface area contributed by atoms with Gasteiger partial charge in [0, 0.05) is 18.5 Å². The molecular weight excluding hydrogens is 194 g/mol. The summed E-state index contributed by atoms with van der Waals surface area (Å²) in [5, 5.41) is 4.10. The van der Waals surface area contributed by atoms with Crippen LogP contribution in [0.3, 0.4) is 0 Å². The first-order chi connectivity index (χ1) is 7.36. The van der Waals surface area contributed by atoms with Crippen LogP contribution < -0.4 is 10.9 Å². The fourth-order valence-corrected chi connectivity index (χ4v) is 1.52. The summed E-state index contributed by atoms with van der Waals surface area (Å²) in [6, 6.07) is 1.78. The van der Waals surface area contributed by atoms with Gasteiger partial charge in [0.2, 0.25) is 0 Å². The van der Waals surface area contributed by atoms with E-state index in [1.807, 2.05) is 0 Å². The molecule has 0 unspecified atom stereocenters. The highest BCUT2D eigenvalue weighted by molar-refractivity contribution is 5.97. The lowest BCUT2D eigenvalue weighted by Gasteiger charge is -2.04. The number of nitrogens with zero attached hydrogens (tertiary/aromatic N) is 3. The van der Waals surface area contributed by atoms with Crippen LogP contribution in [0.4, 0.5) is 0 Å². The molecule has 1 aliphatic rings. The van der Waals surface area contributed by atoms with Crippen LogP contribution in [0.25, 0.3) is 11.7 Å². The second kappa shape index (κ2) is 2.81. The number of nitrogens with one attached hydrogen (secondary N) is 2. The SMILES string of the molecule is O=C1NNC=Cc2c1cnc1ccnn21. The first kappa shape index (κ1) is 7.98. The van der Waals surface area contributed by atoms with E-state index >= 15 is 0 Å². The minimum atomic E-state index is -0.222. The number of amides is 1. The molecular formula is C9H7N5O. The summed E-state index contributed by atoms with van der Waals surface area (Å²) in [5.74, 6) is -0.222. The van der Waals surface area contributed by atoms with E-state index in [9.17, 15) is 4.79 Å². The number of aromatic nitrogens is 3. The second-order valence-corrected chi connectivity index (χ2v) is 3.09. The van der Waals surface area contributed by atoms with E-state index in [1.165, 1.54) is 0 Å². The van der Waals surface area contributed by atoms with Crippen LogP contribution in [0.2, 0.25) is 0 Å². The van der Waals surface area contributed by atoms with Gasteiger partial charge in [-0.15, -0.1) is 0 Å².